The molecule has 0 radical (unpaired) electrons. The van der Waals surface area contributed by atoms with E-state index in [1.807, 2.05) is 0 Å². The Hall–Kier alpha value is -3.82. The first-order valence-electron chi connectivity index (χ1n) is 6.55. The van der Waals surface area contributed by atoms with Gasteiger partial charge in [-0.1, -0.05) is 6.07 Å². The van der Waals surface area contributed by atoms with Gasteiger partial charge in [-0.2, -0.15) is 9.78 Å². The van der Waals surface area contributed by atoms with E-state index in [0.717, 1.165) is 4.68 Å². The van der Waals surface area contributed by atoms with E-state index in [4.69, 9.17) is 4.74 Å². The zero-order chi connectivity index (χ0) is 17.3. The molecule has 0 unspecified atom stereocenters. The molecule has 0 saturated carbocycles. The minimum atomic E-state index is -0.889. The second-order valence-electron chi connectivity index (χ2n) is 4.64. The van der Waals surface area contributed by atoms with Crippen molar-refractivity contribution < 1.29 is 19.4 Å². The van der Waals surface area contributed by atoms with Gasteiger partial charge in [0.15, 0.2) is 0 Å². The number of aromatic nitrogens is 2. The maximum atomic E-state index is 12.2. The van der Waals surface area contributed by atoms with Crippen molar-refractivity contribution >= 4 is 28.4 Å². The molecule has 0 amide bonds. The van der Waals surface area contributed by atoms with Gasteiger partial charge in [0.1, 0.15) is 5.75 Å². The maximum absolute atomic E-state index is 12.2. The minimum absolute atomic E-state index is 0.0830. The first-order chi connectivity index (χ1) is 11.5. The third kappa shape index (κ3) is 2.63. The Kier molecular flexibility index (Phi) is 3.62. The molecule has 1 aromatic heterocycles. The molecule has 0 bridgehead atoms. The lowest BCUT2D eigenvalue weighted by atomic mass is 10.2. The molecule has 0 aliphatic carbocycles. The highest BCUT2D eigenvalue weighted by Crippen LogP contribution is 2.25. The predicted molar refractivity (Wildman–Crippen MR) is 80.9 cm³/mol. The number of fused-ring (bicyclic) bond motifs is 1. The average molecular weight is 328 g/mol. The molecule has 0 N–H and O–H groups in total. The molecule has 0 aliphatic rings. The Bertz CT molecular complexity index is 963. The van der Waals surface area contributed by atoms with Crippen LogP contribution in [0.2, 0.25) is 0 Å². The van der Waals surface area contributed by atoms with E-state index in [9.17, 15) is 25.0 Å². The Morgan fingerprint density at radius 3 is 2.38 bits per heavy atom. The molecule has 0 atom stereocenters. The summed E-state index contributed by atoms with van der Waals surface area (Å²) < 4.78 is 5.95. The van der Waals surface area contributed by atoms with E-state index in [0.29, 0.717) is 0 Å². The smallest absolute Gasteiger partial charge is 0.409 e. The highest BCUT2D eigenvalue weighted by atomic mass is 16.6. The van der Waals surface area contributed by atoms with Crippen LogP contribution in [0, 0.1) is 20.2 Å². The van der Waals surface area contributed by atoms with Crippen molar-refractivity contribution in [3.63, 3.8) is 0 Å². The number of nitro benzene ring substituents is 2. The summed E-state index contributed by atoms with van der Waals surface area (Å²) in [5.74, 6) is 0.0830. The fourth-order valence-corrected chi connectivity index (χ4v) is 2.12. The van der Waals surface area contributed by atoms with Crippen LogP contribution in [0.15, 0.2) is 48.7 Å². The Morgan fingerprint density at radius 1 is 1.04 bits per heavy atom. The molecule has 10 heteroatoms. The topological polar surface area (TPSA) is 130 Å². The lowest BCUT2D eigenvalue weighted by Gasteiger charge is -2.04. The SMILES string of the molecule is O=C(Oc1ccc([N+](=O)[O-])cc1)n1ncc2c([N+](=O)[O-])cccc21. The van der Waals surface area contributed by atoms with Crippen molar-refractivity contribution in [3.05, 3.63) is 68.9 Å². The molecule has 3 rings (SSSR count). The van der Waals surface area contributed by atoms with Crippen molar-refractivity contribution in [2.45, 2.75) is 0 Å². The standard InChI is InChI=1S/C14H8N4O6/c19-14(24-10-6-4-9(5-7-10)17(20)21)16-12-2-1-3-13(18(22)23)11(12)8-15-16/h1-8H. The predicted octanol–water partition coefficient (Wildman–Crippen LogP) is 2.90. The van der Waals surface area contributed by atoms with Crippen LogP contribution in [0.1, 0.15) is 0 Å². The van der Waals surface area contributed by atoms with Gasteiger partial charge in [0, 0.05) is 18.2 Å². The summed E-state index contributed by atoms with van der Waals surface area (Å²) in [5.41, 5.74) is -0.104. The van der Waals surface area contributed by atoms with Crippen molar-refractivity contribution in [1.82, 2.24) is 9.78 Å². The van der Waals surface area contributed by atoms with Gasteiger partial charge in [-0.15, -0.1) is 0 Å². The highest BCUT2D eigenvalue weighted by Gasteiger charge is 2.19. The molecule has 2 aromatic carbocycles. The molecule has 0 spiro atoms. The molecule has 0 fully saturated rings. The molecule has 1 heterocycles. The number of benzene rings is 2. The Morgan fingerprint density at radius 2 is 1.75 bits per heavy atom. The van der Waals surface area contributed by atoms with Gasteiger partial charge in [0.05, 0.1) is 26.9 Å². The van der Waals surface area contributed by atoms with Crippen molar-refractivity contribution in [3.8, 4) is 5.75 Å². The zero-order valence-electron chi connectivity index (χ0n) is 11.9. The van der Waals surface area contributed by atoms with Gasteiger partial charge >= 0.3 is 6.09 Å². The molecule has 0 saturated heterocycles. The molecule has 120 valence electrons. The number of ether oxygens (including phenoxy) is 1. The number of nitrogens with zero attached hydrogens (tertiary/aromatic N) is 4. The third-order valence-corrected chi connectivity index (χ3v) is 3.21. The molecule has 24 heavy (non-hydrogen) atoms. The van der Waals surface area contributed by atoms with Gasteiger partial charge in [-0.05, 0) is 18.2 Å². The normalized spacial score (nSPS) is 10.5. The van der Waals surface area contributed by atoms with Crippen molar-refractivity contribution in [2.24, 2.45) is 0 Å². The molecule has 10 nitrogen and oxygen atoms in total. The summed E-state index contributed by atoms with van der Waals surface area (Å²) in [5, 5.41) is 25.6. The summed E-state index contributed by atoms with van der Waals surface area (Å²) in [4.78, 5) is 32.6. The number of hydrogen-bond donors (Lipinski definition) is 0. The second-order valence-corrected chi connectivity index (χ2v) is 4.64. The Labute approximate surface area is 133 Å². The fraction of sp³-hybridized carbons (Fsp3) is 0. The summed E-state index contributed by atoms with van der Waals surface area (Å²) >= 11 is 0. The second kappa shape index (κ2) is 5.76. The largest absolute Gasteiger partial charge is 0.440 e. The van der Waals surface area contributed by atoms with Gasteiger partial charge in [-0.25, -0.2) is 4.79 Å². The van der Waals surface area contributed by atoms with Gasteiger partial charge in [0.25, 0.3) is 11.4 Å². The summed E-state index contributed by atoms with van der Waals surface area (Å²) in [6, 6.07) is 9.14. The van der Waals surface area contributed by atoms with Crippen molar-refractivity contribution in [2.75, 3.05) is 0 Å². The van der Waals surface area contributed by atoms with Crippen LogP contribution in [-0.2, 0) is 0 Å². The van der Waals surface area contributed by atoms with Crippen molar-refractivity contribution in [1.29, 1.82) is 0 Å². The monoisotopic (exact) mass is 328 g/mol. The summed E-state index contributed by atoms with van der Waals surface area (Å²) in [6.45, 7) is 0. The number of carbonyl (C=O) groups excluding carboxylic acids is 1. The van der Waals surface area contributed by atoms with Crippen LogP contribution in [0.5, 0.6) is 5.75 Å². The molecular weight excluding hydrogens is 320 g/mol. The quantitative estimate of drug-likeness (QED) is 0.533. The Balaban J connectivity index is 1.90. The van der Waals surface area contributed by atoms with Crippen LogP contribution < -0.4 is 4.74 Å². The van der Waals surface area contributed by atoms with Crippen LogP contribution >= 0.6 is 0 Å². The van der Waals surface area contributed by atoms with Gasteiger partial charge in [-0.3, -0.25) is 20.2 Å². The summed E-state index contributed by atoms with van der Waals surface area (Å²) in [6.07, 6.45) is 0.309. The fourth-order valence-electron chi connectivity index (χ4n) is 2.12. The first kappa shape index (κ1) is 15.1. The van der Waals surface area contributed by atoms with Crippen LogP contribution in [0.25, 0.3) is 10.9 Å². The number of non-ortho nitro benzene ring substituents is 2. The van der Waals surface area contributed by atoms with E-state index in [1.165, 1.54) is 48.7 Å². The number of rotatable bonds is 3. The lowest BCUT2D eigenvalue weighted by molar-refractivity contribution is -0.384. The minimum Gasteiger partial charge on any atom is -0.409 e. The number of carbonyl (C=O) groups is 1. The molecule has 3 aromatic rings. The van der Waals surface area contributed by atoms with E-state index in [2.05, 4.69) is 5.10 Å². The van der Waals surface area contributed by atoms with Crippen LogP contribution in [0.3, 0.4) is 0 Å². The van der Waals surface area contributed by atoms with E-state index < -0.39 is 15.9 Å². The van der Waals surface area contributed by atoms with Gasteiger partial charge in [0.2, 0.25) is 0 Å². The van der Waals surface area contributed by atoms with E-state index >= 15 is 0 Å². The number of nitro groups is 2. The van der Waals surface area contributed by atoms with Gasteiger partial charge < -0.3 is 4.74 Å². The maximum Gasteiger partial charge on any atom is 0.440 e. The highest BCUT2D eigenvalue weighted by molar-refractivity contribution is 5.93. The average Bonchev–Trinajstić information content (AvgIpc) is 2.99. The number of hydrogen-bond acceptors (Lipinski definition) is 7. The molecular formula is C14H8N4O6. The van der Waals surface area contributed by atoms with E-state index in [-0.39, 0.29) is 28.0 Å². The zero-order valence-corrected chi connectivity index (χ0v) is 11.9. The summed E-state index contributed by atoms with van der Waals surface area (Å²) in [7, 11) is 0. The molecule has 0 aliphatic heterocycles. The van der Waals surface area contributed by atoms with Crippen LogP contribution in [0.4, 0.5) is 16.2 Å². The lowest BCUT2D eigenvalue weighted by Crippen LogP contribution is -2.17. The van der Waals surface area contributed by atoms with Crippen LogP contribution in [-0.4, -0.2) is 25.7 Å². The first-order valence-corrected chi connectivity index (χ1v) is 6.55. The van der Waals surface area contributed by atoms with E-state index in [1.54, 1.807) is 0 Å². The third-order valence-electron chi connectivity index (χ3n) is 3.21.